The van der Waals surface area contributed by atoms with Crippen molar-refractivity contribution in [1.29, 1.82) is 0 Å². The van der Waals surface area contributed by atoms with Gasteiger partial charge in [-0.25, -0.2) is 15.0 Å². The van der Waals surface area contributed by atoms with E-state index in [1.54, 1.807) is 6.07 Å². The zero-order valence-electron chi connectivity index (χ0n) is 17.1. The van der Waals surface area contributed by atoms with Gasteiger partial charge in [0.25, 0.3) is 0 Å². The highest BCUT2D eigenvalue weighted by Gasteiger charge is 2.45. The van der Waals surface area contributed by atoms with Crippen molar-refractivity contribution in [2.45, 2.75) is 37.1 Å². The minimum atomic E-state index is -3.11. The number of benzene rings is 1. The standard InChI is InChI=1S/C19H21ClN5O6PS/c20-11-3-1-2-10(6-11)12-4-5-28-32(33,31-12)29-7-13-15(26)16(27)19(30-13)25-9-24-14-17(21)22-8-23-18(14)25/h1-3,6,8-9,12-13,15-16,19,26-27H,4-5,7H2,(H2,21,22,23)/t12?,13-,15+,16+,19-,32?/m1/s1. The highest BCUT2D eigenvalue weighted by molar-refractivity contribution is 8.07. The number of anilines is 1. The third-order valence-corrected chi connectivity index (χ3v) is 8.10. The molecule has 0 saturated carbocycles. The quantitative estimate of drug-likeness (QED) is 0.431. The van der Waals surface area contributed by atoms with Crippen LogP contribution in [0.1, 0.15) is 24.3 Å². The molecule has 5 rings (SSSR count). The molecule has 0 spiro atoms. The number of halogens is 1. The van der Waals surface area contributed by atoms with E-state index in [9.17, 15) is 10.2 Å². The van der Waals surface area contributed by atoms with E-state index < -0.39 is 31.3 Å². The molecule has 0 bridgehead atoms. The monoisotopic (exact) mass is 513 g/mol. The number of nitrogens with zero attached hydrogens (tertiary/aromatic N) is 4. The van der Waals surface area contributed by atoms with Crippen LogP contribution in [0.25, 0.3) is 11.2 Å². The van der Waals surface area contributed by atoms with Crippen LogP contribution in [0.3, 0.4) is 0 Å². The van der Waals surface area contributed by atoms with E-state index in [0.29, 0.717) is 29.2 Å². The molecule has 2 fully saturated rings. The van der Waals surface area contributed by atoms with Gasteiger partial charge in [0.2, 0.25) is 0 Å². The fourth-order valence-electron chi connectivity index (χ4n) is 3.83. The number of nitrogen functional groups attached to an aromatic ring is 1. The Kier molecular flexibility index (Phi) is 6.38. The maximum absolute atomic E-state index is 10.6. The number of aromatic nitrogens is 4. The lowest BCUT2D eigenvalue weighted by Crippen LogP contribution is -2.34. The molecule has 4 heterocycles. The molecule has 4 N–H and O–H groups in total. The predicted molar refractivity (Wildman–Crippen MR) is 122 cm³/mol. The second-order valence-electron chi connectivity index (χ2n) is 7.64. The Hall–Kier alpha value is -1.73. The first-order valence-electron chi connectivity index (χ1n) is 10.1. The fraction of sp³-hybridized carbons (Fsp3) is 0.421. The number of nitrogens with two attached hydrogens (primary N) is 1. The molecule has 2 aromatic heterocycles. The molecule has 11 nitrogen and oxygen atoms in total. The van der Waals surface area contributed by atoms with Crippen molar-refractivity contribution >= 4 is 47.1 Å². The lowest BCUT2D eigenvalue weighted by Gasteiger charge is -2.32. The van der Waals surface area contributed by atoms with Gasteiger partial charge in [-0.3, -0.25) is 4.57 Å². The van der Waals surface area contributed by atoms with Gasteiger partial charge < -0.3 is 34.3 Å². The van der Waals surface area contributed by atoms with Crippen molar-refractivity contribution in [3.8, 4) is 0 Å². The summed E-state index contributed by atoms with van der Waals surface area (Å²) in [4.78, 5) is 12.2. The maximum Gasteiger partial charge on any atom is 0.327 e. The molecule has 0 radical (unpaired) electrons. The Morgan fingerprint density at radius 1 is 1.27 bits per heavy atom. The van der Waals surface area contributed by atoms with Crippen LogP contribution >= 0.6 is 18.3 Å². The summed E-state index contributed by atoms with van der Waals surface area (Å²) in [7, 11) is 0. The Morgan fingerprint density at radius 3 is 2.94 bits per heavy atom. The fourth-order valence-corrected chi connectivity index (χ4v) is 6.14. The van der Waals surface area contributed by atoms with Gasteiger partial charge in [-0.2, -0.15) is 0 Å². The third kappa shape index (κ3) is 4.51. The van der Waals surface area contributed by atoms with Crippen molar-refractivity contribution in [1.82, 2.24) is 19.5 Å². The van der Waals surface area contributed by atoms with Gasteiger partial charge in [-0.05, 0) is 29.5 Å². The normalized spacial score (nSPS) is 32.4. The average Bonchev–Trinajstić information content (AvgIpc) is 3.35. The van der Waals surface area contributed by atoms with Gasteiger partial charge in [-0.1, -0.05) is 23.7 Å². The second kappa shape index (κ2) is 9.14. The Labute approximate surface area is 198 Å². The molecule has 0 aliphatic carbocycles. The average molecular weight is 514 g/mol. The van der Waals surface area contributed by atoms with E-state index in [2.05, 4.69) is 15.0 Å². The molecule has 2 aliphatic heterocycles. The summed E-state index contributed by atoms with van der Waals surface area (Å²) in [5.41, 5.74) is 7.44. The number of fused-ring (bicyclic) bond motifs is 1. The molecule has 1 aromatic carbocycles. The molecule has 3 aromatic rings. The topological polar surface area (TPSA) is 147 Å². The van der Waals surface area contributed by atoms with E-state index >= 15 is 0 Å². The second-order valence-corrected chi connectivity index (χ2v) is 11.0. The number of hydrogen-bond donors (Lipinski definition) is 3. The maximum atomic E-state index is 10.6. The largest absolute Gasteiger partial charge is 0.387 e. The number of imidazole rings is 1. The van der Waals surface area contributed by atoms with E-state index in [1.807, 2.05) is 18.2 Å². The highest BCUT2D eigenvalue weighted by atomic mass is 35.5. The Bertz CT molecular complexity index is 1220. The number of rotatable bonds is 5. The highest BCUT2D eigenvalue weighted by Crippen LogP contribution is 2.57. The Balaban J connectivity index is 1.27. The number of hydrogen-bond acceptors (Lipinski definition) is 11. The zero-order chi connectivity index (χ0) is 23.2. The first kappa shape index (κ1) is 23.0. The molecular formula is C19H21ClN5O6PS. The Morgan fingerprint density at radius 2 is 2.12 bits per heavy atom. The summed E-state index contributed by atoms with van der Waals surface area (Å²) >= 11 is 11.6. The van der Waals surface area contributed by atoms with Gasteiger partial charge in [0, 0.05) is 11.4 Å². The van der Waals surface area contributed by atoms with Crippen LogP contribution in [0, 0.1) is 0 Å². The van der Waals surface area contributed by atoms with Crippen molar-refractivity contribution in [2.75, 3.05) is 18.9 Å². The van der Waals surface area contributed by atoms with E-state index in [-0.39, 0.29) is 18.5 Å². The third-order valence-electron chi connectivity index (χ3n) is 5.50. The number of ether oxygens (including phenoxy) is 1. The molecule has 2 saturated heterocycles. The summed E-state index contributed by atoms with van der Waals surface area (Å²) in [5, 5.41) is 21.8. The number of aliphatic hydroxyl groups is 2. The zero-order valence-corrected chi connectivity index (χ0v) is 19.6. The van der Waals surface area contributed by atoms with Crippen LogP contribution in [0.4, 0.5) is 5.82 Å². The minimum Gasteiger partial charge on any atom is -0.387 e. The van der Waals surface area contributed by atoms with Crippen LogP contribution in [0.2, 0.25) is 5.02 Å². The van der Waals surface area contributed by atoms with E-state index in [0.717, 1.165) is 5.56 Å². The lowest BCUT2D eigenvalue weighted by molar-refractivity contribution is -0.0533. The molecular weight excluding hydrogens is 493 g/mol. The summed E-state index contributed by atoms with van der Waals surface area (Å²) in [6, 6.07) is 7.33. The van der Waals surface area contributed by atoms with E-state index in [4.69, 9.17) is 47.4 Å². The molecule has 14 heteroatoms. The molecule has 2 aliphatic rings. The first-order chi connectivity index (χ1) is 15.8. The van der Waals surface area contributed by atoms with Crippen molar-refractivity contribution in [2.24, 2.45) is 0 Å². The van der Waals surface area contributed by atoms with Gasteiger partial charge in [0.1, 0.15) is 30.2 Å². The molecule has 176 valence electrons. The van der Waals surface area contributed by atoms with Gasteiger partial charge in [0.15, 0.2) is 17.7 Å². The van der Waals surface area contributed by atoms with Gasteiger partial charge >= 0.3 is 6.72 Å². The molecule has 33 heavy (non-hydrogen) atoms. The number of aliphatic hydroxyl groups excluding tert-OH is 2. The van der Waals surface area contributed by atoms with E-state index in [1.165, 1.54) is 17.2 Å². The SMILES string of the molecule is Nc1ncnc2c1ncn2[C@@H]1O[C@H](COP2(=S)OCCC(c3cccc(Cl)c3)O2)[C@H](O)[C@@H]1O. The van der Waals surface area contributed by atoms with Crippen LogP contribution in [-0.4, -0.2) is 61.3 Å². The van der Waals surface area contributed by atoms with Crippen LogP contribution in [-0.2, 0) is 30.1 Å². The van der Waals surface area contributed by atoms with Crippen molar-refractivity contribution in [3.63, 3.8) is 0 Å². The summed E-state index contributed by atoms with van der Waals surface area (Å²) in [6.07, 6.45) is -1.37. The molecule has 6 atom stereocenters. The van der Waals surface area contributed by atoms with Crippen molar-refractivity contribution in [3.05, 3.63) is 47.5 Å². The van der Waals surface area contributed by atoms with Crippen LogP contribution in [0.15, 0.2) is 36.9 Å². The van der Waals surface area contributed by atoms with Crippen molar-refractivity contribution < 1.29 is 28.5 Å². The first-order valence-corrected chi connectivity index (χ1v) is 13.1. The van der Waals surface area contributed by atoms with Gasteiger partial charge in [-0.15, -0.1) is 0 Å². The molecule has 2 unspecified atom stereocenters. The smallest absolute Gasteiger partial charge is 0.327 e. The summed E-state index contributed by atoms with van der Waals surface area (Å²) in [6.45, 7) is -2.90. The summed E-state index contributed by atoms with van der Waals surface area (Å²) in [5.74, 6) is 0.199. The van der Waals surface area contributed by atoms with Gasteiger partial charge in [0.05, 0.1) is 25.6 Å². The lowest BCUT2D eigenvalue weighted by atomic mass is 10.1. The van der Waals surface area contributed by atoms with Crippen LogP contribution in [0.5, 0.6) is 0 Å². The summed E-state index contributed by atoms with van der Waals surface area (Å²) < 4.78 is 24.8. The predicted octanol–water partition coefficient (Wildman–Crippen LogP) is 2.10. The minimum absolute atomic E-state index is 0.141. The molecule has 0 amide bonds. The van der Waals surface area contributed by atoms with Crippen LogP contribution < -0.4 is 5.73 Å².